The summed E-state index contributed by atoms with van der Waals surface area (Å²) in [5.74, 6) is 3.72. The maximum Gasteiger partial charge on any atom is 0.226 e. The standard InChI is InChI=1S/C27H30N8O3/c1-36-20-10-9-17(23(12-20)38-3)13-28-27-31-24-21(7-4-8-22(24)37-2)26-32-25(33-35(26)27)18-6-5-11-34(16-18)19-14-29-30-15-19/h4,7-10,12,14-15,18H,5-6,11,13,16H2,1-3H3,(H,28,31)(H,29,30). The molecule has 4 heterocycles. The van der Waals surface area contributed by atoms with Crippen molar-refractivity contribution >= 4 is 28.2 Å². The van der Waals surface area contributed by atoms with Crippen molar-refractivity contribution in [2.75, 3.05) is 44.6 Å². The van der Waals surface area contributed by atoms with Crippen LogP contribution in [0.1, 0.15) is 30.1 Å². The molecule has 196 valence electrons. The highest BCUT2D eigenvalue weighted by atomic mass is 16.5. The Morgan fingerprint density at radius 2 is 1.95 bits per heavy atom. The smallest absolute Gasteiger partial charge is 0.226 e. The van der Waals surface area contributed by atoms with Crippen LogP contribution in [0.25, 0.3) is 16.6 Å². The molecule has 2 N–H and O–H groups in total. The monoisotopic (exact) mass is 514 g/mol. The zero-order valence-corrected chi connectivity index (χ0v) is 21.6. The number of anilines is 2. The first-order valence-electron chi connectivity index (χ1n) is 12.6. The molecule has 11 heteroatoms. The van der Waals surface area contributed by atoms with Crippen molar-refractivity contribution in [3.63, 3.8) is 0 Å². The minimum atomic E-state index is 0.189. The van der Waals surface area contributed by atoms with E-state index in [9.17, 15) is 0 Å². The number of nitrogens with zero attached hydrogens (tertiary/aromatic N) is 6. The van der Waals surface area contributed by atoms with Crippen molar-refractivity contribution in [1.29, 1.82) is 0 Å². The number of benzene rings is 2. The van der Waals surface area contributed by atoms with Crippen molar-refractivity contribution in [3.05, 3.63) is 60.2 Å². The fourth-order valence-electron chi connectivity index (χ4n) is 5.09. The number of rotatable bonds is 8. The Labute approximate surface area is 219 Å². The predicted octanol–water partition coefficient (Wildman–Crippen LogP) is 4.02. The van der Waals surface area contributed by atoms with Crippen molar-refractivity contribution in [3.8, 4) is 17.2 Å². The quantitative estimate of drug-likeness (QED) is 0.317. The van der Waals surface area contributed by atoms with Crippen LogP contribution in [0, 0.1) is 0 Å². The highest BCUT2D eigenvalue weighted by molar-refractivity contribution is 5.96. The summed E-state index contributed by atoms with van der Waals surface area (Å²) in [6, 6.07) is 11.6. The van der Waals surface area contributed by atoms with Gasteiger partial charge in [-0.1, -0.05) is 6.07 Å². The van der Waals surface area contributed by atoms with E-state index in [1.54, 1.807) is 21.3 Å². The number of nitrogens with one attached hydrogen (secondary N) is 2. The Hall–Kier alpha value is -4.54. The van der Waals surface area contributed by atoms with E-state index in [4.69, 9.17) is 29.3 Å². The van der Waals surface area contributed by atoms with Crippen molar-refractivity contribution in [2.45, 2.75) is 25.3 Å². The van der Waals surface area contributed by atoms with Crippen LogP contribution < -0.4 is 24.4 Å². The number of fused-ring (bicyclic) bond motifs is 3. The van der Waals surface area contributed by atoms with E-state index in [0.717, 1.165) is 71.1 Å². The van der Waals surface area contributed by atoms with Gasteiger partial charge in [0.1, 0.15) is 22.8 Å². The summed E-state index contributed by atoms with van der Waals surface area (Å²) in [5.41, 5.74) is 3.53. The maximum atomic E-state index is 5.64. The van der Waals surface area contributed by atoms with E-state index in [1.807, 2.05) is 53.3 Å². The normalized spacial score (nSPS) is 15.7. The van der Waals surface area contributed by atoms with Crippen LogP contribution in [0.4, 0.5) is 11.6 Å². The molecule has 38 heavy (non-hydrogen) atoms. The molecule has 1 aliphatic heterocycles. The second-order valence-corrected chi connectivity index (χ2v) is 9.27. The number of aromatic nitrogens is 6. The second kappa shape index (κ2) is 10.1. The van der Waals surface area contributed by atoms with Gasteiger partial charge < -0.3 is 24.4 Å². The van der Waals surface area contributed by atoms with E-state index >= 15 is 0 Å². The number of hydrogen-bond acceptors (Lipinski definition) is 9. The van der Waals surface area contributed by atoms with Gasteiger partial charge in [0.25, 0.3) is 0 Å². The molecule has 0 spiro atoms. The van der Waals surface area contributed by atoms with Crippen molar-refractivity contribution in [2.24, 2.45) is 0 Å². The van der Waals surface area contributed by atoms with Crippen LogP contribution in [-0.2, 0) is 6.54 Å². The van der Waals surface area contributed by atoms with E-state index < -0.39 is 0 Å². The van der Waals surface area contributed by atoms with Gasteiger partial charge in [0.2, 0.25) is 5.95 Å². The number of ether oxygens (including phenoxy) is 3. The molecule has 1 atom stereocenters. The van der Waals surface area contributed by atoms with E-state index in [0.29, 0.717) is 18.2 Å². The summed E-state index contributed by atoms with van der Waals surface area (Å²) in [5, 5.41) is 16.3. The lowest BCUT2D eigenvalue weighted by atomic mass is 9.97. The molecule has 1 fully saturated rings. The Bertz CT molecular complexity index is 1570. The third-order valence-electron chi connectivity index (χ3n) is 7.07. The number of piperidine rings is 1. The zero-order chi connectivity index (χ0) is 26.1. The Morgan fingerprint density at radius 1 is 1.05 bits per heavy atom. The minimum Gasteiger partial charge on any atom is -0.497 e. The summed E-state index contributed by atoms with van der Waals surface area (Å²) in [6.07, 6.45) is 5.86. The fourth-order valence-corrected chi connectivity index (χ4v) is 5.09. The molecular weight excluding hydrogens is 484 g/mol. The third kappa shape index (κ3) is 4.29. The summed E-state index contributed by atoms with van der Waals surface area (Å²) >= 11 is 0. The number of H-pyrrole nitrogens is 1. The molecule has 0 bridgehead atoms. The molecule has 1 unspecified atom stereocenters. The molecular formula is C27H30N8O3. The lowest BCUT2D eigenvalue weighted by Gasteiger charge is -2.32. The molecule has 5 aromatic rings. The highest BCUT2D eigenvalue weighted by Crippen LogP contribution is 2.33. The van der Waals surface area contributed by atoms with E-state index in [2.05, 4.69) is 20.4 Å². The largest absolute Gasteiger partial charge is 0.497 e. The molecule has 0 radical (unpaired) electrons. The number of aromatic amines is 1. The molecule has 0 saturated carbocycles. The second-order valence-electron chi connectivity index (χ2n) is 9.27. The maximum absolute atomic E-state index is 5.64. The predicted molar refractivity (Wildman–Crippen MR) is 144 cm³/mol. The Balaban J connectivity index is 1.39. The minimum absolute atomic E-state index is 0.189. The third-order valence-corrected chi connectivity index (χ3v) is 7.07. The lowest BCUT2D eigenvalue weighted by Crippen LogP contribution is -2.34. The topological polar surface area (TPSA) is 115 Å². The average Bonchev–Trinajstić information content (AvgIpc) is 3.67. The van der Waals surface area contributed by atoms with Gasteiger partial charge >= 0.3 is 0 Å². The first-order chi connectivity index (χ1) is 18.7. The van der Waals surface area contributed by atoms with Crippen LogP contribution in [0.15, 0.2) is 48.8 Å². The van der Waals surface area contributed by atoms with Crippen LogP contribution in [0.3, 0.4) is 0 Å². The van der Waals surface area contributed by atoms with Gasteiger partial charge in [-0.2, -0.15) is 9.61 Å². The van der Waals surface area contributed by atoms with Crippen LogP contribution in [-0.4, -0.2) is 64.2 Å². The SMILES string of the molecule is COc1ccc(CNc2nc3c(OC)cccc3c3nc(C4CCCN(c5cn[nH]c5)C4)nn23)c(OC)c1. The molecule has 1 saturated heterocycles. The van der Waals surface area contributed by atoms with Gasteiger partial charge in [-0.05, 0) is 37.1 Å². The number of para-hydroxylation sites is 1. The van der Waals surface area contributed by atoms with Gasteiger partial charge in [-0.15, -0.1) is 5.10 Å². The fraction of sp³-hybridized carbons (Fsp3) is 0.333. The van der Waals surface area contributed by atoms with Gasteiger partial charge in [-0.3, -0.25) is 5.10 Å². The van der Waals surface area contributed by atoms with Gasteiger partial charge in [-0.25, -0.2) is 9.97 Å². The van der Waals surface area contributed by atoms with Crippen LogP contribution >= 0.6 is 0 Å². The van der Waals surface area contributed by atoms with Crippen LogP contribution in [0.5, 0.6) is 17.2 Å². The highest BCUT2D eigenvalue weighted by Gasteiger charge is 2.27. The molecule has 0 aliphatic carbocycles. The first-order valence-corrected chi connectivity index (χ1v) is 12.6. The molecule has 1 aliphatic rings. The number of methoxy groups -OCH3 is 3. The molecule has 0 amide bonds. The molecule has 11 nitrogen and oxygen atoms in total. The lowest BCUT2D eigenvalue weighted by molar-refractivity contribution is 0.391. The molecule has 3 aromatic heterocycles. The van der Waals surface area contributed by atoms with E-state index in [-0.39, 0.29) is 5.92 Å². The van der Waals surface area contributed by atoms with Crippen molar-refractivity contribution in [1.82, 2.24) is 29.8 Å². The first kappa shape index (κ1) is 23.8. The molecule has 6 rings (SSSR count). The van der Waals surface area contributed by atoms with Crippen LogP contribution in [0.2, 0.25) is 0 Å². The molecule has 2 aromatic carbocycles. The average molecular weight is 515 g/mol. The summed E-state index contributed by atoms with van der Waals surface area (Å²) in [7, 11) is 4.94. The van der Waals surface area contributed by atoms with Gasteiger partial charge in [0.05, 0.1) is 33.2 Å². The van der Waals surface area contributed by atoms with E-state index in [1.165, 1.54) is 0 Å². The number of hydrogen-bond donors (Lipinski definition) is 2. The summed E-state index contributed by atoms with van der Waals surface area (Å²) < 4.78 is 18.4. The van der Waals surface area contributed by atoms with Gasteiger partial charge in [0.15, 0.2) is 11.5 Å². The Kier molecular flexibility index (Phi) is 6.32. The summed E-state index contributed by atoms with van der Waals surface area (Å²) in [6.45, 7) is 2.29. The Morgan fingerprint density at radius 3 is 2.74 bits per heavy atom. The summed E-state index contributed by atoms with van der Waals surface area (Å²) in [4.78, 5) is 12.3. The zero-order valence-electron chi connectivity index (χ0n) is 21.6. The van der Waals surface area contributed by atoms with Crippen molar-refractivity contribution < 1.29 is 14.2 Å². The van der Waals surface area contributed by atoms with Gasteiger partial charge in [0, 0.05) is 48.8 Å².